The molecule has 1 aliphatic rings. The molecule has 2 rings (SSSR count). The molecule has 0 atom stereocenters. The van der Waals surface area contributed by atoms with Crippen molar-refractivity contribution in [2.75, 3.05) is 13.1 Å². The summed E-state index contributed by atoms with van der Waals surface area (Å²) < 4.78 is 1.06. The van der Waals surface area contributed by atoms with E-state index >= 15 is 0 Å². The zero-order chi connectivity index (χ0) is 10.8. The summed E-state index contributed by atoms with van der Waals surface area (Å²) in [7, 11) is 0. The number of hydrogen-bond acceptors (Lipinski definition) is 3. The molecule has 4 nitrogen and oxygen atoms in total. The number of nitrogens with two attached hydrogens (primary N) is 1. The molecule has 1 aliphatic heterocycles. The van der Waals surface area contributed by atoms with Crippen LogP contribution in [0.3, 0.4) is 0 Å². The maximum Gasteiger partial charge on any atom is 0.334 e. The summed E-state index contributed by atoms with van der Waals surface area (Å²) in [6.07, 6.45) is 0.936. The van der Waals surface area contributed by atoms with E-state index in [-0.39, 0.29) is 6.03 Å². The minimum absolute atomic E-state index is 0.0819. The average molecular weight is 290 g/mol. The fourth-order valence-corrected chi connectivity index (χ4v) is 3.06. The minimum atomic E-state index is -0.0819. The molecule has 1 fully saturated rings. The van der Waals surface area contributed by atoms with Crippen molar-refractivity contribution < 1.29 is 4.79 Å². The van der Waals surface area contributed by atoms with Crippen molar-refractivity contribution in [2.24, 2.45) is 5.84 Å². The van der Waals surface area contributed by atoms with E-state index in [4.69, 9.17) is 5.84 Å². The third-order valence-corrected chi connectivity index (χ3v) is 4.28. The van der Waals surface area contributed by atoms with E-state index < -0.39 is 0 Å². The van der Waals surface area contributed by atoms with Crippen molar-refractivity contribution in [2.45, 2.75) is 13.0 Å². The second-order valence-electron chi connectivity index (χ2n) is 3.44. The highest BCUT2D eigenvalue weighted by atomic mass is 79.9. The van der Waals surface area contributed by atoms with Crippen LogP contribution >= 0.6 is 27.3 Å². The smallest absolute Gasteiger partial charge is 0.318 e. The number of hydrogen-bond donors (Lipinski definition) is 1. The van der Waals surface area contributed by atoms with E-state index in [9.17, 15) is 4.79 Å². The van der Waals surface area contributed by atoms with Gasteiger partial charge in [-0.05, 0) is 33.8 Å². The number of carbonyl (C=O) groups excluding carboxylic acids is 1. The van der Waals surface area contributed by atoms with Crippen molar-refractivity contribution in [3.05, 3.63) is 20.8 Å². The number of nitrogens with zero attached hydrogens (tertiary/aromatic N) is 2. The lowest BCUT2D eigenvalue weighted by Crippen LogP contribution is -2.51. The maximum absolute atomic E-state index is 11.7. The van der Waals surface area contributed by atoms with Crippen molar-refractivity contribution in [1.29, 1.82) is 0 Å². The van der Waals surface area contributed by atoms with Crippen LogP contribution in [0, 0.1) is 0 Å². The molecular formula is C9H12BrN3OS. The van der Waals surface area contributed by atoms with Gasteiger partial charge in [0.15, 0.2) is 0 Å². The summed E-state index contributed by atoms with van der Waals surface area (Å²) in [5.41, 5.74) is 0. The number of amides is 2. The van der Waals surface area contributed by atoms with Gasteiger partial charge in [-0.1, -0.05) is 0 Å². The van der Waals surface area contributed by atoms with Gasteiger partial charge in [0.25, 0.3) is 0 Å². The Hall–Kier alpha value is -0.590. The van der Waals surface area contributed by atoms with Gasteiger partial charge in [0.05, 0.1) is 6.54 Å². The summed E-state index contributed by atoms with van der Waals surface area (Å²) in [6.45, 7) is 2.09. The van der Waals surface area contributed by atoms with Crippen LogP contribution in [0.1, 0.15) is 11.3 Å². The van der Waals surface area contributed by atoms with Gasteiger partial charge in [-0.3, -0.25) is 5.01 Å². The molecule has 0 aromatic carbocycles. The zero-order valence-corrected chi connectivity index (χ0v) is 10.6. The Kier molecular flexibility index (Phi) is 3.28. The summed E-state index contributed by atoms with van der Waals surface area (Å²) in [4.78, 5) is 14.6. The molecule has 15 heavy (non-hydrogen) atoms. The van der Waals surface area contributed by atoms with Crippen LogP contribution < -0.4 is 5.84 Å². The molecule has 1 aromatic rings. The van der Waals surface area contributed by atoms with E-state index in [1.165, 1.54) is 9.89 Å². The summed E-state index contributed by atoms with van der Waals surface area (Å²) >= 11 is 5.10. The van der Waals surface area contributed by atoms with Gasteiger partial charge in [-0.25, -0.2) is 10.6 Å². The highest BCUT2D eigenvalue weighted by molar-refractivity contribution is 9.10. The molecule has 6 heteroatoms. The lowest BCUT2D eigenvalue weighted by molar-refractivity contribution is 0.127. The number of hydrazine groups is 1. The minimum Gasteiger partial charge on any atom is -0.318 e. The molecule has 1 saturated heterocycles. The Morgan fingerprint density at radius 1 is 1.53 bits per heavy atom. The van der Waals surface area contributed by atoms with Gasteiger partial charge in [0, 0.05) is 22.4 Å². The van der Waals surface area contributed by atoms with Crippen LogP contribution in [0.2, 0.25) is 0 Å². The van der Waals surface area contributed by atoms with E-state index in [2.05, 4.69) is 15.9 Å². The Balaban J connectivity index is 2.05. The normalized spacial score (nSPS) is 17.3. The summed E-state index contributed by atoms with van der Waals surface area (Å²) in [5, 5.41) is 3.29. The molecule has 0 saturated carbocycles. The number of thiophene rings is 1. The van der Waals surface area contributed by atoms with Crippen molar-refractivity contribution in [3.63, 3.8) is 0 Å². The molecule has 0 aliphatic carbocycles. The predicted octanol–water partition coefficient (Wildman–Crippen LogP) is 2.01. The van der Waals surface area contributed by atoms with Crippen molar-refractivity contribution >= 4 is 33.3 Å². The molecule has 0 unspecified atom stereocenters. The van der Waals surface area contributed by atoms with Crippen LogP contribution in [0.4, 0.5) is 4.79 Å². The second kappa shape index (κ2) is 4.51. The SMILES string of the molecule is NN1CCCN(Cc2sccc2Br)C1=O. The van der Waals surface area contributed by atoms with E-state index in [0.29, 0.717) is 13.1 Å². The topological polar surface area (TPSA) is 49.6 Å². The van der Waals surface area contributed by atoms with Crippen LogP contribution in [0.25, 0.3) is 0 Å². The third kappa shape index (κ3) is 2.32. The monoisotopic (exact) mass is 289 g/mol. The van der Waals surface area contributed by atoms with Gasteiger partial charge in [0.2, 0.25) is 0 Å². The second-order valence-corrected chi connectivity index (χ2v) is 5.30. The van der Waals surface area contributed by atoms with Crippen molar-refractivity contribution in [1.82, 2.24) is 9.91 Å². The third-order valence-electron chi connectivity index (χ3n) is 2.37. The van der Waals surface area contributed by atoms with Crippen molar-refractivity contribution in [3.8, 4) is 0 Å². The number of carbonyl (C=O) groups is 1. The molecule has 82 valence electrons. The van der Waals surface area contributed by atoms with E-state index in [1.807, 2.05) is 11.4 Å². The first-order valence-corrected chi connectivity index (χ1v) is 6.39. The number of halogens is 1. The molecule has 0 bridgehead atoms. The lowest BCUT2D eigenvalue weighted by atomic mass is 10.3. The van der Waals surface area contributed by atoms with Crippen LogP contribution in [0.15, 0.2) is 15.9 Å². The lowest BCUT2D eigenvalue weighted by Gasteiger charge is -2.32. The number of rotatable bonds is 2. The Morgan fingerprint density at radius 2 is 2.33 bits per heavy atom. The van der Waals surface area contributed by atoms with Gasteiger partial charge in [-0.2, -0.15) is 0 Å². The fraction of sp³-hybridized carbons (Fsp3) is 0.444. The average Bonchev–Trinajstić information content (AvgIpc) is 2.60. The standard InChI is InChI=1S/C9H12BrN3OS/c10-7-2-5-15-8(7)6-12-3-1-4-13(11)9(12)14/h2,5H,1,3-4,6,11H2. The fourth-order valence-electron chi connectivity index (χ4n) is 1.56. The summed E-state index contributed by atoms with van der Waals surface area (Å²) in [5.74, 6) is 5.57. The molecule has 2 heterocycles. The maximum atomic E-state index is 11.7. The van der Waals surface area contributed by atoms with Gasteiger partial charge in [0.1, 0.15) is 0 Å². The first-order chi connectivity index (χ1) is 7.18. The number of urea groups is 1. The Bertz CT molecular complexity index is 368. The van der Waals surface area contributed by atoms with Crippen LogP contribution in [-0.4, -0.2) is 29.0 Å². The highest BCUT2D eigenvalue weighted by Gasteiger charge is 2.23. The van der Waals surface area contributed by atoms with Gasteiger partial charge >= 0.3 is 6.03 Å². The highest BCUT2D eigenvalue weighted by Crippen LogP contribution is 2.25. The van der Waals surface area contributed by atoms with E-state index in [1.54, 1.807) is 16.2 Å². The molecule has 2 N–H and O–H groups in total. The zero-order valence-electron chi connectivity index (χ0n) is 8.15. The molecule has 0 spiro atoms. The van der Waals surface area contributed by atoms with E-state index in [0.717, 1.165) is 17.4 Å². The van der Waals surface area contributed by atoms with Gasteiger partial charge in [-0.15, -0.1) is 11.3 Å². The largest absolute Gasteiger partial charge is 0.334 e. The van der Waals surface area contributed by atoms with Crippen LogP contribution in [0.5, 0.6) is 0 Å². The molecule has 1 aromatic heterocycles. The quantitative estimate of drug-likeness (QED) is 0.669. The predicted molar refractivity (Wildman–Crippen MR) is 63.3 cm³/mol. The van der Waals surface area contributed by atoms with Crippen LogP contribution in [-0.2, 0) is 6.54 Å². The molecular weight excluding hydrogens is 278 g/mol. The first kappa shape index (κ1) is 10.9. The Labute approximate surface area is 101 Å². The first-order valence-electron chi connectivity index (χ1n) is 4.71. The van der Waals surface area contributed by atoms with Gasteiger partial charge < -0.3 is 4.90 Å². The molecule has 2 amide bonds. The molecule has 0 radical (unpaired) electrons. The Morgan fingerprint density at radius 3 is 3.00 bits per heavy atom. The summed E-state index contributed by atoms with van der Waals surface area (Å²) in [6, 6.07) is 1.91.